The molecule has 0 bridgehead atoms. The van der Waals surface area contributed by atoms with E-state index in [0.29, 0.717) is 11.5 Å². The van der Waals surface area contributed by atoms with Crippen molar-refractivity contribution >= 4 is 0 Å². The van der Waals surface area contributed by atoms with Gasteiger partial charge in [-0.2, -0.15) is 0 Å². The Bertz CT molecular complexity index is 374. The van der Waals surface area contributed by atoms with Gasteiger partial charge in [-0.05, 0) is 24.9 Å². The topological polar surface area (TPSA) is 12.0 Å². The molecule has 2 rings (SSSR count). The highest BCUT2D eigenvalue weighted by molar-refractivity contribution is 5.22. The first kappa shape index (κ1) is 12.5. The lowest BCUT2D eigenvalue weighted by Crippen LogP contribution is -2.26. The highest BCUT2D eigenvalue weighted by atomic mass is 19.1. The molecule has 1 nitrogen and oxygen atoms in total. The van der Waals surface area contributed by atoms with Crippen LogP contribution < -0.4 is 5.32 Å². The molecule has 3 heteroatoms. The summed E-state index contributed by atoms with van der Waals surface area (Å²) in [5.74, 6) is -0.246. The molecule has 1 atom stereocenters. The van der Waals surface area contributed by atoms with Crippen LogP contribution in [0.3, 0.4) is 0 Å². The maximum absolute atomic E-state index is 13.7. The Balaban J connectivity index is 2.12. The SMILES string of the molecule is CCNC(CC1CCC1)c1ccc(F)cc1F. The molecule has 1 fully saturated rings. The summed E-state index contributed by atoms with van der Waals surface area (Å²) in [7, 11) is 0. The van der Waals surface area contributed by atoms with Gasteiger partial charge in [0.25, 0.3) is 0 Å². The highest BCUT2D eigenvalue weighted by Gasteiger charge is 2.24. The molecule has 1 aliphatic rings. The molecule has 94 valence electrons. The van der Waals surface area contributed by atoms with Gasteiger partial charge in [0.2, 0.25) is 0 Å². The van der Waals surface area contributed by atoms with E-state index in [1.165, 1.54) is 25.3 Å². The average Bonchev–Trinajstić information content (AvgIpc) is 2.22. The smallest absolute Gasteiger partial charge is 0.130 e. The van der Waals surface area contributed by atoms with Crippen molar-refractivity contribution in [2.24, 2.45) is 5.92 Å². The van der Waals surface area contributed by atoms with Crippen LogP contribution in [0, 0.1) is 17.6 Å². The lowest BCUT2D eigenvalue weighted by Gasteiger charge is -2.30. The van der Waals surface area contributed by atoms with Crippen molar-refractivity contribution in [1.82, 2.24) is 5.32 Å². The Morgan fingerprint density at radius 2 is 2.12 bits per heavy atom. The lowest BCUT2D eigenvalue weighted by atomic mass is 9.79. The average molecular weight is 239 g/mol. The van der Waals surface area contributed by atoms with Crippen molar-refractivity contribution in [1.29, 1.82) is 0 Å². The molecule has 0 radical (unpaired) electrons. The third kappa shape index (κ3) is 3.03. The van der Waals surface area contributed by atoms with E-state index in [1.807, 2.05) is 6.92 Å². The third-order valence-corrected chi connectivity index (χ3v) is 3.58. The van der Waals surface area contributed by atoms with Gasteiger partial charge in [-0.15, -0.1) is 0 Å². The number of nitrogens with one attached hydrogen (secondary N) is 1. The number of hydrogen-bond acceptors (Lipinski definition) is 1. The fraction of sp³-hybridized carbons (Fsp3) is 0.571. The zero-order chi connectivity index (χ0) is 12.3. The molecule has 1 aliphatic carbocycles. The number of halogens is 2. The summed E-state index contributed by atoms with van der Waals surface area (Å²) in [5.41, 5.74) is 0.597. The molecule has 0 saturated heterocycles. The number of hydrogen-bond donors (Lipinski definition) is 1. The summed E-state index contributed by atoms with van der Waals surface area (Å²) in [6.07, 6.45) is 4.72. The van der Waals surface area contributed by atoms with Gasteiger partial charge < -0.3 is 5.32 Å². The second kappa shape index (κ2) is 5.58. The lowest BCUT2D eigenvalue weighted by molar-refractivity contribution is 0.260. The minimum atomic E-state index is -0.509. The first-order valence-corrected chi connectivity index (χ1v) is 6.39. The largest absolute Gasteiger partial charge is 0.310 e. The van der Waals surface area contributed by atoms with Crippen molar-refractivity contribution < 1.29 is 8.78 Å². The monoisotopic (exact) mass is 239 g/mol. The number of benzene rings is 1. The van der Waals surface area contributed by atoms with E-state index >= 15 is 0 Å². The summed E-state index contributed by atoms with van der Waals surface area (Å²) < 4.78 is 26.6. The Hall–Kier alpha value is -0.960. The van der Waals surface area contributed by atoms with Crippen LogP contribution in [0.15, 0.2) is 18.2 Å². The quantitative estimate of drug-likeness (QED) is 0.824. The second-order valence-electron chi connectivity index (χ2n) is 4.81. The van der Waals surface area contributed by atoms with Crippen LogP contribution in [0.5, 0.6) is 0 Å². The molecule has 0 spiro atoms. The van der Waals surface area contributed by atoms with Gasteiger partial charge >= 0.3 is 0 Å². The molecule has 1 saturated carbocycles. The van der Waals surface area contributed by atoms with Crippen LogP contribution in [-0.4, -0.2) is 6.54 Å². The summed E-state index contributed by atoms with van der Waals surface area (Å²) in [6, 6.07) is 3.89. The molecule has 17 heavy (non-hydrogen) atoms. The fourth-order valence-corrected chi connectivity index (χ4v) is 2.41. The number of rotatable bonds is 5. The van der Waals surface area contributed by atoms with Crippen LogP contribution in [-0.2, 0) is 0 Å². The standard InChI is InChI=1S/C14H19F2N/c1-2-17-14(8-10-4-3-5-10)12-7-6-11(15)9-13(12)16/h6-7,9-10,14,17H,2-5,8H2,1H3. The minimum Gasteiger partial charge on any atom is -0.310 e. The van der Waals surface area contributed by atoms with E-state index in [2.05, 4.69) is 5.32 Å². The fourth-order valence-electron chi connectivity index (χ4n) is 2.41. The molecule has 1 aromatic carbocycles. The van der Waals surface area contributed by atoms with E-state index < -0.39 is 11.6 Å². The second-order valence-corrected chi connectivity index (χ2v) is 4.81. The van der Waals surface area contributed by atoms with Crippen molar-refractivity contribution in [3.05, 3.63) is 35.4 Å². The van der Waals surface area contributed by atoms with Crippen molar-refractivity contribution in [3.8, 4) is 0 Å². The van der Waals surface area contributed by atoms with Gasteiger partial charge in [0, 0.05) is 17.7 Å². The van der Waals surface area contributed by atoms with E-state index in [1.54, 1.807) is 6.07 Å². The van der Waals surface area contributed by atoms with Gasteiger partial charge in [-0.25, -0.2) is 8.78 Å². The van der Waals surface area contributed by atoms with Crippen molar-refractivity contribution in [3.63, 3.8) is 0 Å². The molecule has 0 aliphatic heterocycles. The van der Waals surface area contributed by atoms with Crippen LogP contribution in [0.4, 0.5) is 8.78 Å². The van der Waals surface area contributed by atoms with E-state index in [-0.39, 0.29) is 6.04 Å². The van der Waals surface area contributed by atoms with Gasteiger partial charge in [0.15, 0.2) is 0 Å². The highest BCUT2D eigenvalue weighted by Crippen LogP contribution is 2.35. The molecule has 1 N–H and O–H groups in total. The maximum Gasteiger partial charge on any atom is 0.130 e. The van der Waals surface area contributed by atoms with Crippen LogP contribution >= 0.6 is 0 Å². The zero-order valence-corrected chi connectivity index (χ0v) is 10.2. The third-order valence-electron chi connectivity index (χ3n) is 3.58. The van der Waals surface area contributed by atoms with Crippen LogP contribution in [0.1, 0.15) is 44.2 Å². The predicted molar refractivity (Wildman–Crippen MR) is 64.7 cm³/mol. The Labute approximate surface area is 101 Å². The summed E-state index contributed by atoms with van der Waals surface area (Å²) in [6.45, 7) is 2.81. The van der Waals surface area contributed by atoms with Crippen LogP contribution in [0.2, 0.25) is 0 Å². The van der Waals surface area contributed by atoms with Crippen molar-refractivity contribution in [2.45, 2.75) is 38.6 Å². The molecule has 1 unspecified atom stereocenters. The van der Waals surface area contributed by atoms with Crippen molar-refractivity contribution in [2.75, 3.05) is 6.54 Å². The van der Waals surface area contributed by atoms with Gasteiger partial charge in [-0.1, -0.05) is 32.3 Å². The van der Waals surface area contributed by atoms with E-state index in [4.69, 9.17) is 0 Å². The van der Waals surface area contributed by atoms with E-state index in [9.17, 15) is 8.78 Å². The first-order valence-electron chi connectivity index (χ1n) is 6.39. The summed E-state index contributed by atoms with van der Waals surface area (Å²) in [5, 5.41) is 3.30. The Morgan fingerprint density at radius 1 is 1.35 bits per heavy atom. The van der Waals surface area contributed by atoms with Gasteiger partial charge in [-0.3, -0.25) is 0 Å². The van der Waals surface area contributed by atoms with E-state index in [0.717, 1.165) is 19.0 Å². The van der Waals surface area contributed by atoms with Gasteiger partial charge in [0.05, 0.1) is 0 Å². The molecule has 0 aromatic heterocycles. The molecular weight excluding hydrogens is 220 g/mol. The molecular formula is C14H19F2N. The summed E-state index contributed by atoms with van der Waals surface area (Å²) in [4.78, 5) is 0. The normalized spacial score (nSPS) is 17.8. The molecule has 0 amide bonds. The zero-order valence-electron chi connectivity index (χ0n) is 10.2. The molecule has 1 aromatic rings. The summed E-state index contributed by atoms with van der Waals surface area (Å²) >= 11 is 0. The maximum atomic E-state index is 13.7. The predicted octanol–water partition coefficient (Wildman–Crippen LogP) is 3.81. The van der Waals surface area contributed by atoms with Gasteiger partial charge in [0.1, 0.15) is 11.6 Å². The minimum absolute atomic E-state index is 0.0194. The first-order chi connectivity index (χ1) is 8.20. The Morgan fingerprint density at radius 3 is 2.65 bits per heavy atom. The van der Waals surface area contributed by atoms with Crippen LogP contribution in [0.25, 0.3) is 0 Å². The molecule has 0 heterocycles. The Kier molecular flexibility index (Phi) is 4.11.